The molecular formula is C13H15BrN2O3S2. The number of halogens is 1. The normalized spacial score (nSPS) is 11.7. The summed E-state index contributed by atoms with van der Waals surface area (Å²) in [6, 6.07) is 6.52. The van der Waals surface area contributed by atoms with Gasteiger partial charge in [-0.3, -0.25) is 0 Å². The Morgan fingerprint density at radius 1 is 1.33 bits per heavy atom. The quantitative estimate of drug-likeness (QED) is 0.788. The van der Waals surface area contributed by atoms with Crippen LogP contribution in [0.5, 0.6) is 0 Å². The summed E-state index contributed by atoms with van der Waals surface area (Å²) in [6.07, 6.45) is 0.552. The zero-order valence-electron chi connectivity index (χ0n) is 11.4. The lowest BCUT2D eigenvalue weighted by atomic mass is 10.3. The number of sulfonamides is 1. The molecule has 2 rings (SSSR count). The Balaban J connectivity index is 1.91. The third-order valence-corrected chi connectivity index (χ3v) is 5.54. The number of nitrogens with one attached hydrogen (secondary N) is 1. The van der Waals surface area contributed by atoms with E-state index in [1.54, 1.807) is 31.4 Å². The summed E-state index contributed by atoms with van der Waals surface area (Å²) in [7, 11) is -1.85. The average Bonchev–Trinajstić information content (AvgIpc) is 2.87. The Kier molecular flexibility index (Phi) is 5.88. The van der Waals surface area contributed by atoms with E-state index in [4.69, 9.17) is 4.74 Å². The van der Waals surface area contributed by atoms with Crippen molar-refractivity contribution in [2.45, 2.75) is 17.9 Å². The second-order valence-electron chi connectivity index (χ2n) is 4.27. The first-order chi connectivity index (χ1) is 10.0. The van der Waals surface area contributed by atoms with Crippen molar-refractivity contribution < 1.29 is 13.2 Å². The van der Waals surface area contributed by atoms with Crippen LogP contribution >= 0.6 is 27.3 Å². The molecule has 0 aliphatic heterocycles. The highest BCUT2D eigenvalue weighted by Gasteiger charge is 2.13. The number of methoxy groups -OCH3 is 1. The molecule has 0 aliphatic carbocycles. The van der Waals surface area contributed by atoms with E-state index in [2.05, 4.69) is 25.6 Å². The average molecular weight is 391 g/mol. The van der Waals surface area contributed by atoms with E-state index in [0.717, 1.165) is 15.2 Å². The first kappa shape index (κ1) is 16.6. The molecule has 1 heterocycles. The molecule has 2 aromatic rings. The van der Waals surface area contributed by atoms with Crippen LogP contribution in [-0.4, -0.2) is 27.1 Å². The molecule has 0 saturated heterocycles. The maximum absolute atomic E-state index is 12.1. The van der Waals surface area contributed by atoms with E-state index < -0.39 is 10.0 Å². The zero-order chi connectivity index (χ0) is 15.3. The first-order valence-corrected chi connectivity index (χ1v) is 9.34. The number of hydrogen-bond donors (Lipinski definition) is 1. The number of thiazole rings is 1. The van der Waals surface area contributed by atoms with Gasteiger partial charge in [0.25, 0.3) is 0 Å². The molecule has 1 aromatic heterocycles. The fourth-order valence-electron chi connectivity index (χ4n) is 1.66. The third kappa shape index (κ3) is 4.86. The molecule has 0 bridgehead atoms. The minimum Gasteiger partial charge on any atom is -0.378 e. The van der Waals surface area contributed by atoms with Crippen molar-refractivity contribution in [2.24, 2.45) is 0 Å². The summed E-state index contributed by atoms with van der Waals surface area (Å²) in [5, 5.41) is 2.81. The summed E-state index contributed by atoms with van der Waals surface area (Å²) in [5.74, 6) is 0. The topological polar surface area (TPSA) is 68.3 Å². The molecule has 0 fully saturated rings. The Morgan fingerprint density at radius 2 is 2.05 bits per heavy atom. The number of hydrogen-bond acceptors (Lipinski definition) is 5. The standard InChI is InChI=1S/C13H15BrN2O3S2/c1-19-8-13-16-11(9-20-13)6-7-15-21(17,18)12-4-2-10(14)3-5-12/h2-5,9,15H,6-8H2,1H3. The highest BCUT2D eigenvalue weighted by Crippen LogP contribution is 2.15. The van der Waals surface area contributed by atoms with Crippen LogP contribution in [0.1, 0.15) is 10.7 Å². The van der Waals surface area contributed by atoms with Crippen molar-refractivity contribution >= 4 is 37.3 Å². The smallest absolute Gasteiger partial charge is 0.240 e. The van der Waals surface area contributed by atoms with Crippen LogP contribution in [0.25, 0.3) is 0 Å². The highest BCUT2D eigenvalue weighted by molar-refractivity contribution is 9.10. The summed E-state index contributed by atoms with van der Waals surface area (Å²) in [6.45, 7) is 0.795. The van der Waals surface area contributed by atoms with Crippen molar-refractivity contribution in [1.82, 2.24) is 9.71 Å². The monoisotopic (exact) mass is 390 g/mol. The van der Waals surface area contributed by atoms with Crippen molar-refractivity contribution in [2.75, 3.05) is 13.7 Å². The van der Waals surface area contributed by atoms with E-state index >= 15 is 0 Å². The Labute approximate surface area is 136 Å². The van der Waals surface area contributed by atoms with Gasteiger partial charge < -0.3 is 4.74 Å². The van der Waals surface area contributed by atoms with Gasteiger partial charge in [-0.1, -0.05) is 15.9 Å². The predicted molar refractivity (Wildman–Crippen MR) is 85.9 cm³/mol. The molecule has 21 heavy (non-hydrogen) atoms. The van der Waals surface area contributed by atoms with E-state index in [0.29, 0.717) is 19.6 Å². The SMILES string of the molecule is COCc1nc(CCNS(=O)(=O)c2ccc(Br)cc2)cs1. The van der Waals surface area contributed by atoms with Crippen molar-refractivity contribution in [3.05, 3.63) is 44.8 Å². The summed E-state index contributed by atoms with van der Waals surface area (Å²) >= 11 is 4.79. The van der Waals surface area contributed by atoms with Crippen LogP contribution in [0.15, 0.2) is 39.0 Å². The second kappa shape index (κ2) is 7.46. The van der Waals surface area contributed by atoms with E-state index in [1.807, 2.05) is 5.38 Å². The van der Waals surface area contributed by atoms with Gasteiger partial charge in [-0.2, -0.15) is 0 Å². The molecule has 1 aromatic carbocycles. The maximum Gasteiger partial charge on any atom is 0.240 e. The maximum atomic E-state index is 12.1. The fourth-order valence-corrected chi connectivity index (χ4v) is 3.76. The summed E-state index contributed by atoms with van der Waals surface area (Å²) < 4.78 is 32.6. The van der Waals surface area contributed by atoms with Gasteiger partial charge in [-0.05, 0) is 24.3 Å². The molecule has 8 heteroatoms. The van der Waals surface area contributed by atoms with Crippen LogP contribution in [0.3, 0.4) is 0 Å². The first-order valence-electron chi connectivity index (χ1n) is 6.19. The lowest BCUT2D eigenvalue weighted by Gasteiger charge is -2.05. The lowest BCUT2D eigenvalue weighted by molar-refractivity contribution is 0.184. The summed E-state index contributed by atoms with van der Waals surface area (Å²) in [5.41, 5.74) is 0.866. The molecule has 1 N–H and O–H groups in total. The number of aromatic nitrogens is 1. The third-order valence-electron chi connectivity index (χ3n) is 2.66. The second-order valence-corrected chi connectivity index (χ2v) is 7.89. The van der Waals surface area contributed by atoms with E-state index in [-0.39, 0.29) is 4.90 Å². The molecule has 0 unspecified atom stereocenters. The van der Waals surface area contributed by atoms with Crippen LogP contribution in [0.4, 0.5) is 0 Å². The Morgan fingerprint density at radius 3 is 2.71 bits per heavy atom. The Hall–Kier alpha value is -0.800. The van der Waals surface area contributed by atoms with Crippen LogP contribution in [-0.2, 0) is 27.8 Å². The minimum absolute atomic E-state index is 0.254. The minimum atomic E-state index is -3.47. The molecule has 0 spiro atoms. The largest absolute Gasteiger partial charge is 0.378 e. The van der Waals surface area contributed by atoms with Crippen molar-refractivity contribution in [3.8, 4) is 0 Å². The van der Waals surface area contributed by atoms with Gasteiger partial charge in [0.05, 0.1) is 17.2 Å². The van der Waals surface area contributed by atoms with Gasteiger partial charge in [0.15, 0.2) is 0 Å². The van der Waals surface area contributed by atoms with Crippen molar-refractivity contribution in [3.63, 3.8) is 0 Å². The zero-order valence-corrected chi connectivity index (χ0v) is 14.6. The fraction of sp³-hybridized carbons (Fsp3) is 0.308. The van der Waals surface area contributed by atoms with Gasteiger partial charge in [0, 0.05) is 29.9 Å². The Bertz CT molecular complexity index is 684. The predicted octanol–water partition coefficient (Wildman–Crippen LogP) is 2.57. The lowest BCUT2D eigenvalue weighted by Crippen LogP contribution is -2.26. The molecular weight excluding hydrogens is 376 g/mol. The molecule has 0 amide bonds. The van der Waals surface area contributed by atoms with Gasteiger partial charge >= 0.3 is 0 Å². The number of nitrogens with zero attached hydrogens (tertiary/aromatic N) is 1. The number of benzene rings is 1. The van der Waals surface area contributed by atoms with Gasteiger partial charge in [0.1, 0.15) is 5.01 Å². The van der Waals surface area contributed by atoms with Crippen LogP contribution < -0.4 is 4.72 Å². The molecule has 0 saturated carbocycles. The molecule has 5 nitrogen and oxygen atoms in total. The molecule has 0 atom stereocenters. The molecule has 114 valence electrons. The van der Waals surface area contributed by atoms with Gasteiger partial charge in [0.2, 0.25) is 10.0 Å². The number of ether oxygens (including phenoxy) is 1. The van der Waals surface area contributed by atoms with Crippen LogP contribution in [0, 0.1) is 0 Å². The van der Waals surface area contributed by atoms with Gasteiger partial charge in [-0.25, -0.2) is 18.1 Å². The summed E-state index contributed by atoms with van der Waals surface area (Å²) in [4.78, 5) is 4.61. The van der Waals surface area contributed by atoms with Crippen molar-refractivity contribution in [1.29, 1.82) is 0 Å². The van der Waals surface area contributed by atoms with Crippen LogP contribution in [0.2, 0.25) is 0 Å². The van der Waals surface area contributed by atoms with E-state index in [9.17, 15) is 8.42 Å². The highest BCUT2D eigenvalue weighted by atomic mass is 79.9. The molecule has 0 aliphatic rings. The number of rotatable bonds is 7. The van der Waals surface area contributed by atoms with Gasteiger partial charge in [-0.15, -0.1) is 11.3 Å². The molecule has 0 radical (unpaired) electrons. The van der Waals surface area contributed by atoms with E-state index in [1.165, 1.54) is 11.3 Å².